The number of aryl methyl sites for hydroxylation is 1. The summed E-state index contributed by atoms with van der Waals surface area (Å²) in [5.74, 6) is 0.565. The molecular formula is C22H23NO3S. The lowest BCUT2D eigenvalue weighted by atomic mass is 9.91. The first-order valence-corrected chi connectivity index (χ1v) is 10.1. The van der Waals surface area contributed by atoms with Crippen molar-refractivity contribution < 1.29 is 14.6 Å². The van der Waals surface area contributed by atoms with E-state index in [-0.39, 0.29) is 0 Å². The molecule has 1 aromatic carbocycles. The Bertz CT molecular complexity index is 999. The minimum absolute atomic E-state index is 0.361. The Morgan fingerprint density at radius 1 is 1.30 bits per heavy atom. The van der Waals surface area contributed by atoms with Gasteiger partial charge in [0.2, 0.25) is 0 Å². The molecule has 2 aromatic heterocycles. The van der Waals surface area contributed by atoms with Gasteiger partial charge in [-0.2, -0.15) is 0 Å². The first-order valence-electron chi connectivity index (χ1n) is 9.20. The number of aromatic carboxylic acids is 1. The Morgan fingerprint density at radius 2 is 2.11 bits per heavy atom. The van der Waals surface area contributed by atoms with E-state index in [1.165, 1.54) is 11.1 Å². The van der Waals surface area contributed by atoms with Crippen molar-refractivity contribution in [1.29, 1.82) is 0 Å². The van der Waals surface area contributed by atoms with Crippen LogP contribution in [-0.2, 0) is 19.4 Å². The van der Waals surface area contributed by atoms with E-state index in [0.29, 0.717) is 18.2 Å². The summed E-state index contributed by atoms with van der Waals surface area (Å²) in [7, 11) is 1.72. The van der Waals surface area contributed by atoms with Gasteiger partial charge in [-0.15, -0.1) is 11.3 Å². The van der Waals surface area contributed by atoms with Crippen molar-refractivity contribution in [1.82, 2.24) is 4.57 Å². The summed E-state index contributed by atoms with van der Waals surface area (Å²) in [6.45, 7) is 5.06. The van der Waals surface area contributed by atoms with Crippen LogP contribution in [0.25, 0.3) is 21.7 Å². The van der Waals surface area contributed by atoms with Crippen molar-refractivity contribution >= 4 is 17.3 Å². The standard InChI is InChI=1S/C22H23NO3S/c1-13(2)9-15-10-16-14(11-19(15)26-3)6-7-23-18(22(24)25)12-17(21(16)23)20-5-4-8-27-20/h4-5,8,10-13H,6-7,9H2,1-3H3,(H,24,25). The van der Waals surface area contributed by atoms with Crippen molar-refractivity contribution in [2.75, 3.05) is 7.11 Å². The van der Waals surface area contributed by atoms with E-state index in [9.17, 15) is 9.90 Å². The highest BCUT2D eigenvalue weighted by Gasteiger charge is 2.28. The summed E-state index contributed by atoms with van der Waals surface area (Å²) < 4.78 is 7.61. The smallest absolute Gasteiger partial charge is 0.352 e. The highest BCUT2D eigenvalue weighted by molar-refractivity contribution is 7.13. The Labute approximate surface area is 163 Å². The van der Waals surface area contributed by atoms with Crippen LogP contribution in [0.5, 0.6) is 5.75 Å². The Kier molecular flexibility index (Phi) is 4.56. The quantitative estimate of drug-likeness (QED) is 0.648. The molecule has 1 aliphatic rings. The van der Waals surface area contributed by atoms with Gasteiger partial charge in [0.05, 0.1) is 12.8 Å². The third-order valence-electron chi connectivity index (χ3n) is 5.10. The second-order valence-corrected chi connectivity index (χ2v) is 8.34. The lowest BCUT2D eigenvalue weighted by molar-refractivity contribution is 0.0685. The summed E-state index contributed by atoms with van der Waals surface area (Å²) in [5, 5.41) is 11.7. The number of carboxylic acid groups (broad SMARTS) is 1. The minimum Gasteiger partial charge on any atom is -0.496 e. The zero-order chi connectivity index (χ0) is 19.1. The van der Waals surface area contributed by atoms with Crippen LogP contribution in [0.4, 0.5) is 0 Å². The fourth-order valence-corrected chi connectivity index (χ4v) is 4.73. The number of hydrogen-bond acceptors (Lipinski definition) is 3. The predicted molar refractivity (Wildman–Crippen MR) is 109 cm³/mol. The average Bonchev–Trinajstić information content (AvgIpc) is 3.28. The highest BCUT2D eigenvalue weighted by atomic mass is 32.1. The molecule has 5 heteroatoms. The average molecular weight is 381 g/mol. The summed E-state index contributed by atoms with van der Waals surface area (Å²) >= 11 is 1.64. The summed E-state index contributed by atoms with van der Waals surface area (Å²) in [6.07, 6.45) is 1.73. The molecule has 0 saturated heterocycles. The fraction of sp³-hybridized carbons (Fsp3) is 0.318. The molecule has 0 bridgehead atoms. The number of thiophene rings is 1. The van der Waals surface area contributed by atoms with Gasteiger partial charge in [-0.25, -0.2) is 4.79 Å². The number of benzene rings is 1. The Balaban J connectivity index is 1.97. The van der Waals surface area contributed by atoms with E-state index in [1.54, 1.807) is 18.4 Å². The van der Waals surface area contributed by atoms with Crippen molar-refractivity contribution in [2.24, 2.45) is 5.92 Å². The number of aromatic nitrogens is 1. The number of carbonyl (C=O) groups is 1. The van der Waals surface area contributed by atoms with Crippen molar-refractivity contribution in [2.45, 2.75) is 33.2 Å². The van der Waals surface area contributed by atoms with E-state index >= 15 is 0 Å². The maximum Gasteiger partial charge on any atom is 0.352 e. The number of carboxylic acids is 1. The second-order valence-electron chi connectivity index (χ2n) is 7.40. The van der Waals surface area contributed by atoms with E-state index in [0.717, 1.165) is 40.3 Å². The van der Waals surface area contributed by atoms with Gasteiger partial charge in [-0.1, -0.05) is 19.9 Å². The highest BCUT2D eigenvalue weighted by Crippen LogP contribution is 2.43. The predicted octanol–water partition coefficient (Wildman–Crippen LogP) is 5.35. The molecule has 0 spiro atoms. The number of methoxy groups -OCH3 is 1. The van der Waals surface area contributed by atoms with Crippen molar-refractivity contribution in [3.05, 3.63) is 52.5 Å². The first kappa shape index (κ1) is 17.9. The van der Waals surface area contributed by atoms with E-state index in [2.05, 4.69) is 32.0 Å². The van der Waals surface area contributed by atoms with Gasteiger partial charge in [-0.05, 0) is 59.5 Å². The molecule has 0 saturated carbocycles. The molecule has 0 amide bonds. The van der Waals surface area contributed by atoms with E-state index in [4.69, 9.17) is 4.74 Å². The maximum absolute atomic E-state index is 11.8. The second kappa shape index (κ2) is 6.89. The molecule has 27 heavy (non-hydrogen) atoms. The molecule has 3 aromatic rings. The number of fused-ring (bicyclic) bond motifs is 3. The molecular weight excluding hydrogens is 358 g/mol. The topological polar surface area (TPSA) is 51.5 Å². The SMILES string of the molecule is COc1cc2c(cc1CC(C)C)-c1c(-c3cccs3)cc(C(=O)O)n1CC2. The van der Waals surface area contributed by atoms with Crippen LogP contribution in [0.1, 0.15) is 35.5 Å². The molecule has 0 unspecified atom stereocenters. The van der Waals surface area contributed by atoms with E-state index < -0.39 is 5.97 Å². The lowest BCUT2D eigenvalue weighted by Crippen LogP contribution is -2.16. The molecule has 0 radical (unpaired) electrons. The van der Waals surface area contributed by atoms with Gasteiger partial charge in [0.15, 0.2) is 0 Å². The lowest BCUT2D eigenvalue weighted by Gasteiger charge is -2.24. The van der Waals surface area contributed by atoms with Gasteiger partial charge in [-0.3, -0.25) is 0 Å². The monoisotopic (exact) mass is 381 g/mol. The van der Waals surface area contributed by atoms with Crippen LogP contribution >= 0.6 is 11.3 Å². The molecule has 140 valence electrons. The molecule has 4 rings (SSSR count). The van der Waals surface area contributed by atoms with Gasteiger partial charge in [0, 0.05) is 22.5 Å². The summed E-state index contributed by atoms with van der Waals surface area (Å²) in [4.78, 5) is 12.9. The minimum atomic E-state index is -0.876. The molecule has 1 aliphatic heterocycles. The molecule has 0 fully saturated rings. The van der Waals surface area contributed by atoms with Crippen LogP contribution in [-0.4, -0.2) is 22.8 Å². The van der Waals surface area contributed by atoms with Crippen molar-refractivity contribution in [3.8, 4) is 27.4 Å². The third-order valence-corrected chi connectivity index (χ3v) is 6.00. The molecule has 0 aliphatic carbocycles. The first-order chi connectivity index (χ1) is 13.0. The summed E-state index contributed by atoms with van der Waals surface area (Å²) in [5.41, 5.74) is 5.91. The van der Waals surface area contributed by atoms with Gasteiger partial charge in [0.1, 0.15) is 11.4 Å². The number of hydrogen-bond donors (Lipinski definition) is 1. The van der Waals surface area contributed by atoms with Crippen LogP contribution in [0.3, 0.4) is 0 Å². The molecule has 4 nitrogen and oxygen atoms in total. The van der Waals surface area contributed by atoms with Crippen molar-refractivity contribution in [3.63, 3.8) is 0 Å². The van der Waals surface area contributed by atoms with Gasteiger partial charge < -0.3 is 14.4 Å². The number of rotatable bonds is 5. The normalized spacial score (nSPS) is 12.7. The van der Waals surface area contributed by atoms with Crippen LogP contribution < -0.4 is 4.74 Å². The maximum atomic E-state index is 11.8. The zero-order valence-electron chi connectivity index (χ0n) is 15.8. The molecule has 0 atom stereocenters. The van der Waals surface area contributed by atoms with Crippen LogP contribution in [0.2, 0.25) is 0 Å². The summed E-state index contributed by atoms with van der Waals surface area (Å²) in [6, 6.07) is 10.2. The number of nitrogens with zero attached hydrogens (tertiary/aromatic N) is 1. The zero-order valence-corrected chi connectivity index (χ0v) is 16.6. The molecule has 1 N–H and O–H groups in total. The fourth-order valence-electron chi connectivity index (χ4n) is 3.98. The van der Waals surface area contributed by atoms with Gasteiger partial charge >= 0.3 is 5.97 Å². The number of ether oxygens (including phenoxy) is 1. The molecule has 3 heterocycles. The third kappa shape index (κ3) is 3.06. The van der Waals surface area contributed by atoms with Gasteiger partial charge in [0.25, 0.3) is 0 Å². The Hall–Kier alpha value is -2.53. The van der Waals surface area contributed by atoms with Crippen LogP contribution in [0.15, 0.2) is 35.7 Å². The van der Waals surface area contributed by atoms with E-state index in [1.807, 2.05) is 22.1 Å². The largest absolute Gasteiger partial charge is 0.496 e. The van der Waals surface area contributed by atoms with Crippen LogP contribution in [0, 0.1) is 5.92 Å². The Morgan fingerprint density at radius 3 is 2.74 bits per heavy atom.